The Labute approximate surface area is 119 Å². The molecule has 0 saturated carbocycles. The lowest BCUT2D eigenvalue weighted by atomic mass is 10.1. The molecule has 5 nitrogen and oxygen atoms in total. The zero-order chi connectivity index (χ0) is 13.2. The van der Waals surface area contributed by atoms with Crippen LogP contribution in [-0.2, 0) is 12.8 Å². The van der Waals surface area contributed by atoms with Gasteiger partial charge < -0.3 is 5.32 Å². The summed E-state index contributed by atoms with van der Waals surface area (Å²) in [6, 6.07) is 8.88. The number of hydrogen-bond donors (Lipinski definition) is 3. The van der Waals surface area contributed by atoms with Crippen molar-refractivity contribution in [3.8, 4) is 0 Å². The van der Waals surface area contributed by atoms with E-state index in [1.165, 1.54) is 11.1 Å². The number of rotatable bonds is 3. The summed E-state index contributed by atoms with van der Waals surface area (Å²) in [7, 11) is 0. The van der Waals surface area contributed by atoms with Gasteiger partial charge in [-0.15, -0.1) is 0 Å². The molecule has 0 bridgehead atoms. The first kappa shape index (κ1) is 12.4. The fraction of sp³-hybridized carbons (Fsp3) is 0.231. The van der Waals surface area contributed by atoms with Gasteiger partial charge in [-0.2, -0.15) is 4.98 Å². The van der Waals surface area contributed by atoms with Crippen LogP contribution in [0.25, 0.3) is 0 Å². The number of nitrogen functional groups attached to an aromatic ring is 1. The minimum absolute atomic E-state index is 0.356. The largest absolute Gasteiger partial charge is 0.366 e. The smallest absolute Gasteiger partial charge is 0.239 e. The summed E-state index contributed by atoms with van der Waals surface area (Å²) in [5.74, 6) is 6.50. The minimum atomic E-state index is 0.356. The van der Waals surface area contributed by atoms with Gasteiger partial charge in [0.1, 0.15) is 5.82 Å². The van der Waals surface area contributed by atoms with E-state index >= 15 is 0 Å². The molecule has 0 atom stereocenters. The molecule has 2 aromatic rings. The van der Waals surface area contributed by atoms with Crippen LogP contribution in [0, 0.1) is 0 Å². The number of nitrogens with one attached hydrogen (secondary N) is 2. The number of nitrogens with zero attached hydrogens (tertiary/aromatic N) is 2. The fourth-order valence-electron chi connectivity index (χ4n) is 2.39. The highest BCUT2D eigenvalue weighted by molar-refractivity contribution is 9.10. The maximum Gasteiger partial charge on any atom is 0.239 e. The lowest BCUT2D eigenvalue weighted by Gasteiger charge is -2.14. The Bertz CT molecular complexity index is 576. The highest BCUT2D eigenvalue weighted by atomic mass is 79.9. The number of hydrazine groups is 1. The molecule has 4 N–H and O–H groups in total. The van der Waals surface area contributed by atoms with Gasteiger partial charge in [0.05, 0.1) is 4.47 Å². The van der Waals surface area contributed by atoms with Crippen LogP contribution in [0.1, 0.15) is 11.1 Å². The van der Waals surface area contributed by atoms with Crippen LogP contribution in [0.3, 0.4) is 0 Å². The Balaban J connectivity index is 1.77. The van der Waals surface area contributed by atoms with Gasteiger partial charge in [-0.1, -0.05) is 24.3 Å². The SMILES string of the molecule is NNc1ncc(Br)c(NC2Cc3ccccc3C2)n1. The average molecular weight is 320 g/mol. The van der Waals surface area contributed by atoms with E-state index in [4.69, 9.17) is 5.84 Å². The first-order valence-corrected chi connectivity index (χ1v) is 6.88. The van der Waals surface area contributed by atoms with E-state index in [9.17, 15) is 0 Å². The van der Waals surface area contributed by atoms with Crippen LogP contribution in [-0.4, -0.2) is 16.0 Å². The van der Waals surface area contributed by atoms with Crippen molar-refractivity contribution in [3.05, 3.63) is 46.1 Å². The van der Waals surface area contributed by atoms with E-state index < -0.39 is 0 Å². The highest BCUT2D eigenvalue weighted by Gasteiger charge is 2.21. The second kappa shape index (κ2) is 5.14. The molecule has 1 aliphatic rings. The summed E-state index contributed by atoms with van der Waals surface area (Å²) in [6.45, 7) is 0. The number of hydrogen-bond acceptors (Lipinski definition) is 5. The first-order chi connectivity index (χ1) is 9.26. The number of anilines is 2. The zero-order valence-corrected chi connectivity index (χ0v) is 11.8. The van der Waals surface area contributed by atoms with Gasteiger partial charge in [-0.05, 0) is 39.9 Å². The normalized spacial score (nSPS) is 14.2. The number of aromatic nitrogens is 2. The van der Waals surface area contributed by atoms with Crippen LogP contribution < -0.4 is 16.6 Å². The second-order valence-electron chi connectivity index (χ2n) is 4.55. The molecule has 1 heterocycles. The van der Waals surface area contributed by atoms with Crippen molar-refractivity contribution in [1.29, 1.82) is 0 Å². The third-order valence-corrected chi connectivity index (χ3v) is 3.85. The van der Waals surface area contributed by atoms with Crippen molar-refractivity contribution < 1.29 is 0 Å². The molecule has 0 saturated heterocycles. The Morgan fingerprint density at radius 2 is 1.89 bits per heavy atom. The molecule has 1 aromatic carbocycles. The Morgan fingerprint density at radius 3 is 2.53 bits per heavy atom. The lowest BCUT2D eigenvalue weighted by molar-refractivity contribution is 0.767. The van der Waals surface area contributed by atoms with Gasteiger partial charge in [-0.25, -0.2) is 10.8 Å². The molecule has 0 radical (unpaired) electrons. The topological polar surface area (TPSA) is 75.9 Å². The van der Waals surface area contributed by atoms with Gasteiger partial charge in [0.15, 0.2) is 0 Å². The third kappa shape index (κ3) is 2.54. The molecule has 0 unspecified atom stereocenters. The van der Waals surface area contributed by atoms with Crippen LogP contribution in [0.4, 0.5) is 11.8 Å². The summed E-state index contributed by atoms with van der Waals surface area (Å²) in [5.41, 5.74) is 5.26. The van der Waals surface area contributed by atoms with E-state index in [2.05, 4.69) is 60.9 Å². The van der Waals surface area contributed by atoms with Crippen LogP contribution in [0.5, 0.6) is 0 Å². The van der Waals surface area contributed by atoms with Gasteiger partial charge in [0.2, 0.25) is 5.95 Å². The van der Waals surface area contributed by atoms with E-state index in [0.717, 1.165) is 23.1 Å². The fourth-order valence-corrected chi connectivity index (χ4v) is 2.70. The predicted molar refractivity (Wildman–Crippen MR) is 78.8 cm³/mol. The van der Waals surface area contributed by atoms with Crippen molar-refractivity contribution in [2.45, 2.75) is 18.9 Å². The lowest BCUT2D eigenvalue weighted by Crippen LogP contribution is -2.21. The molecule has 19 heavy (non-hydrogen) atoms. The number of fused-ring (bicyclic) bond motifs is 1. The van der Waals surface area contributed by atoms with E-state index in [-0.39, 0.29) is 0 Å². The molecule has 1 aromatic heterocycles. The molecule has 3 rings (SSSR count). The molecular weight excluding hydrogens is 306 g/mol. The highest BCUT2D eigenvalue weighted by Crippen LogP contribution is 2.27. The summed E-state index contributed by atoms with van der Waals surface area (Å²) in [5, 5.41) is 3.44. The number of halogens is 1. The third-order valence-electron chi connectivity index (χ3n) is 3.27. The molecule has 0 fully saturated rings. The monoisotopic (exact) mass is 319 g/mol. The van der Waals surface area contributed by atoms with Crippen molar-refractivity contribution in [2.24, 2.45) is 5.84 Å². The zero-order valence-electron chi connectivity index (χ0n) is 10.2. The van der Waals surface area contributed by atoms with Crippen molar-refractivity contribution >= 4 is 27.7 Å². The Hall–Kier alpha value is -1.66. The summed E-state index contributed by atoms with van der Waals surface area (Å²) in [4.78, 5) is 8.35. The van der Waals surface area contributed by atoms with E-state index in [0.29, 0.717) is 12.0 Å². The second-order valence-corrected chi connectivity index (χ2v) is 5.41. The van der Waals surface area contributed by atoms with Crippen LogP contribution in [0.15, 0.2) is 34.9 Å². The van der Waals surface area contributed by atoms with Gasteiger partial charge in [-0.3, -0.25) is 5.43 Å². The van der Waals surface area contributed by atoms with Gasteiger partial charge in [0, 0.05) is 12.2 Å². The molecular formula is C13H14BrN5. The maximum absolute atomic E-state index is 5.33. The van der Waals surface area contributed by atoms with Crippen LogP contribution >= 0.6 is 15.9 Å². The average Bonchev–Trinajstić information content (AvgIpc) is 2.83. The van der Waals surface area contributed by atoms with Gasteiger partial charge >= 0.3 is 0 Å². The molecule has 98 valence electrons. The molecule has 0 aliphatic heterocycles. The first-order valence-electron chi connectivity index (χ1n) is 6.08. The predicted octanol–water partition coefficient (Wildman–Crippen LogP) is 2.10. The van der Waals surface area contributed by atoms with Crippen molar-refractivity contribution in [3.63, 3.8) is 0 Å². The molecule has 0 spiro atoms. The number of benzene rings is 1. The maximum atomic E-state index is 5.33. The quantitative estimate of drug-likeness (QED) is 0.596. The van der Waals surface area contributed by atoms with E-state index in [1.807, 2.05) is 0 Å². The molecule has 1 aliphatic carbocycles. The van der Waals surface area contributed by atoms with E-state index in [1.54, 1.807) is 6.20 Å². The van der Waals surface area contributed by atoms with Crippen molar-refractivity contribution in [1.82, 2.24) is 9.97 Å². The standard InChI is InChI=1S/C13H14BrN5/c14-11-7-16-13(19-15)18-12(11)17-10-5-8-3-1-2-4-9(8)6-10/h1-4,7,10H,5-6,15H2,(H2,16,17,18,19). The minimum Gasteiger partial charge on any atom is -0.366 e. The summed E-state index contributed by atoms with van der Waals surface area (Å²) >= 11 is 3.45. The summed E-state index contributed by atoms with van der Waals surface area (Å²) < 4.78 is 0.836. The van der Waals surface area contributed by atoms with Crippen molar-refractivity contribution in [2.75, 3.05) is 10.7 Å². The molecule has 0 amide bonds. The van der Waals surface area contributed by atoms with Gasteiger partial charge in [0.25, 0.3) is 0 Å². The number of nitrogens with two attached hydrogens (primary N) is 1. The Morgan fingerprint density at radius 1 is 1.21 bits per heavy atom. The summed E-state index contributed by atoms with van der Waals surface area (Å²) in [6.07, 6.45) is 3.71. The molecule has 6 heteroatoms. The Kier molecular flexibility index (Phi) is 3.35. The van der Waals surface area contributed by atoms with Crippen LogP contribution in [0.2, 0.25) is 0 Å².